The van der Waals surface area contributed by atoms with Crippen molar-refractivity contribution < 1.29 is 17.9 Å². The average Bonchev–Trinajstić information content (AvgIpc) is 2.94. The third-order valence-corrected chi connectivity index (χ3v) is 5.80. The van der Waals surface area contributed by atoms with Crippen LogP contribution in [0.15, 0.2) is 48.5 Å². The van der Waals surface area contributed by atoms with Crippen molar-refractivity contribution in [1.29, 1.82) is 0 Å². The number of hydrogen-bond donors (Lipinski definition) is 1. The Balaban J connectivity index is 1.56. The molecule has 2 aromatic carbocycles. The van der Waals surface area contributed by atoms with Crippen molar-refractivity contribution in [2.24, 2.45) is 0 Å². The molecule has 25 heavy (non-hydrogen) atoms. The summed E-state index contributed by atoms with van der Waals surface area (Å²) in [5.74, 6) is 0.541. The molecule has 132 valence electrons. The molecule has 0 bridgehead atoms. The Morgan fingerprint density at radius 1 is 1.12 bits per heavy atom. The first-order chi connectivity index (χ1) is 11.9. The molecule has 0 unspecified atom stereocenters. The molecule has 3 rings (SSSR count). The van der Waals surface area contributed by atoms with E-state index in [9.17, 15) is 13.2 Å². The molecule has 1 heterocycles. The molecule has 1 fully saturated rings. The van der Waals surface area contributed by atoms with Crippen molar-refractivity contribution in [2.75, 3.05) is 28.5 Å². The quantitative estimate of drug-likeness (QED) is 0.889. The number of sulfonamides is 1. The molecule has 7 heteroatoms. The smallest absolute Gasteiger partial charge is 0.262 e. The molecule has 2 aromatic rings. The second kappa shape index (κ2) is 7.14. The minimum atomic E-state index is -3.19. The number of benzene rings is 2. The third-order valence-electron chi connectivity index (χ3n) is 3.93. The van der Waals surface area contributed by atoms with E-state index in [1.165, 1.54) is 4.31 Å². The van der Waals surface area contributed by atoms with Crippen LogP contribution in [0.3, 0.4) is 0 Å². The average molecular weight is 360 g/mol. The lowest BCUT2D eigenvalue weighted by molar-refractivity contribution is -0.118. The summed E-state index contributed by atoms with van der Waals surface area (Å²) in [6, 6.07) is 14.2. The molecule has 1 aliphatic heterocycles. The summed E-state index contributed by atoms with van der Waals surface area (Å²) in [6.45, 7) is 2.39. The fourth-order valence-electron chi connectivity index (χ4n) is 2.62. The fraction of sp³-hybridized carbons (Fsp3) is 0.278. The Labute approximate surface area is 147 Å². The van der Waals surface area contributed by atoms with Gasteiger partial charge in [0.1, 0.15) is 5.75 Å². The predicted octanol–water partition coefficient (Wildman–Crippen LogP) is 2.55. The lowest BCUT2D eigenvalue weighted by atomic mass is 10.2. The molecule has 1 N–H and O–H groups in total. The highest BCUT2D eigenvalue weighted by molar-refractivity contribution is 7.93. The van der Waals surface area contributed by atoms with Crippen LogP contribution in [0.25, 0.3) is 0 Å². The number of nitrogens with zero attached hydrogens (tertiary/aromatic N) is 1. The molecule has 0 radical (unpaired) electrons. The van der Waals surface area contributed by atoms with Gasteiger partial charge < -0.3 is 10.1 Å². The van der Waals surface area contributed by atoms with E-state index in [4.69, 9.17) is 4.74 Å². The van der Waals surface area contributed by atoms with E-state index in [2.05, 4.69) is 5.32 Å². The number of rotatable bonds is 5. The van der Waals surface area contributed by atoms with Gasteiger partial charge >= 0.3 is 0 Å². The second-order valence-corrected chi connectivity index (χ2v) is 7.95. The first-order valence-corrected chi connectivity index (χ1v) is 9.65. The molecular weight excluding hydrogens is 340 g/mol. The lowest BCUT2D eigenvalue weighted by Gasteiger charge is -2.17. The van der Waals surface area contributed by atoms with E-state index in [1.54, 1.807) is 24.3 Å². The van der Waals surface area contributed by atoms with Gasteiger partial charge in [-0.15, -0.1) is 0 Å². The zero-order valence-electron chi connectivity index (χ0n) is 13.9. The Kier molecular flexibility index (Phi) is 4.94. The predicted molar refractivity (Wildman–Crippen MR) is 97.5 cm³/mol. The number of amides is 1. The number of carbonyl (C=O) groups excluding carboxylic acids is 1. The Bertz CT molecular complexity index is 846. The summed E-state index contributed by atoms with van der Waals surface area (Å²) in [4.78, 5) is 12.0. The van der Waals surface area contributed by atoms with Crippen LogP contribution in [0.2, 0.25) is 0 Å². The van der Waals surface area contributed by atoms with Crippen molar-refractivity contribution in [1.82, 2.24) is 0 Å². The van der Waals surface area contributed by atoms with Gasteiger partial charge in [0.15, 0.2) is 6.61 Å². The van der Waals surface area contributed by atoms with E-state index < -0.39 is 10.0 Å². The van der Waals surface area contributed by atoms with Crippen molar-refractivity contribution in [2.45, 2.75) is 13.3 Å². The zero-order chi connectivity index (χ0) is 17.9. The number of carbonyl (C=O) groups is 1. The summed E-state index contributed by atoms with van der Waals surface area (Å²) in [7, 11) is -3.19. The molecule has 1 aliphatic rings. The number of ether oxygens (including phenoxy) is 1. The summed E-state index contributed by atoms with van der Waals surface area (Å²) >= 11 is 0. The van der Waals surface area contributed by atoms with Gasteiger partial charge in [0.25, 0.3) is 5.91 Å². The van der Waals surface area contributed by atoms with E-state index >= 15 is 0 Å². The Morgan fingerprint density at radius 3 is 2.40 bits per heavy atom. The number of hydrogen-bond acceptors (Lipinski definition) is 4. The normalized spacial score (nSPS) is 15.8. The summed E-state index contributed by atoms with van der Waals surface area (Å²) in [6.07, 6.45) is 0.636. The maximum absolute atomic E-state index is 12.0. The maximum Gasteiger partial charge on any atom is 0.262 e. The van der Waals surface area contributed by atoms with Crippen molar-refractivity contribution in [3.05, 3.63) is 54.1 Å². The molecule has 0 spiro atoms. The molecule has 1 amide bonds. The molecule has 6 nitrogen and oxygen atoms in total. The number of anilines is 2. The van der Waals surface area contributed by atoms with Gasteiger partial charge in [-0.25, -0.2) is 8.42 Å². The first-order valence-electron chi connectivity index (χ1n) is 8.04. The largest absolute Gasteiger partial charge is 0.484 e. The highest BCUT2D eigenvalue weighted by Crippen LogP contribution is 2.25. The van der Waals surface area contributed by atoms with E-state index in [-0.39, 0.29) is 18.3 Å². The van der Waals surface area contributed by atoms with Crippen molar-refractivity contribution in [3.8, 4) is 5.75 Å². The standard InChI is InChI=1S/C18H20N2O4S/c1-14-3-9-17(10-4-14)24-13-18(21)19-15-5-7-16(8-6-15)20-11-2-12-25(20,22)23/h3-10H,2,11-13H2,1H3,(H,19,21). The first kappa shape index (κ1) is 17.3. The van der Waals surface area contributed by atoms with Crippen LogP contribution in [0.1, 0.15) is 12.0 Å². The molecule has 0 atom stereocenters. The van der Waals surface area contributed by atoms with Gasteiger partial charge in [-0.1, -0.05) is 17.7 Å². The van der Waals surface area contributed by atoms with Crippen molar-refractivity contribution in [3.63, 3.8) is 0 Å². The van der Waals surface area contributed by atoms with E-state index in [0.717, 1.165) is 5.56 Å². The van der Waals surface area contributed by atoms with Gasteiger partial charge in [0.2, 0.25) is 10.0 Å². The van der Waals surface area contributed by atoms with Gasteiger partial charge in [-0.05, 0) is 49.7 Å². The Hall–Kier alpha value is -2.54. The SMILES string of the molecule is Cc1ccc(OCC(=O)Nc2ccc(N3CCCS3(=O)=O)cc2)cc1. The van der Waals surface area contributed by atoms with Gasteiger partial charge in [0.05, 0.1) is 11.4 Å². The minimum Gasteiger partial charge on any atom is -0.484 e. The van der Waals surface area contributed by atoms with Gasteiger partial charge in [-0.3, -0.25) is 9.10 Å². The van der Waals surface area contributed by atoms with E-state index in [1.807, 2.05) is 31.2 Å². The fourth-order valence-corrected chi connectivity index (χ4v) is 4.19. The topological polar surface area (TPSA) is 75.7 Å². The minimum absolute atomic E-state index is 0.0919. The summed E-state index contributed by atoms with van der Waals surface area (Å²) in [5.41, 5.74) is 2.33. The van der Waals surface area contributed by atoms with Crippen LogP contribution in [0.4, 0.5) is 11.4 Å². The van der Waals surface area contributed by atoms with Gasteiger partial charge in [0, 0.05) is 12.2 Å². The molecule has 1 saturated heterocycles. The van der Waals surface area contributed by atoms with Crippen LogP contribution >= 0.6 is 0 Å². The van der Waals surface area contributed by atoms with Crippen LogP contribution < -0.4 is 14.4 Å². The summed E-state index contributed by atoms with van der Waals surface area (Å²) < 4.78 is 30.6. The van der Waals surface area contributed by atoms with E-state index in [0.29, 0.717) is 30.1 Å². The third kappa shape index (κ3) is 4.30. The monoisotopic (exact) mass is 360 g/mol. The number of aryl methyl sites for hydroxylation is 1. The number of nitrogens with one attached hydrogen (secondary N) is 1. The maximum atomic E-state index is 12.0. The molecule has 0 aliphatic carbocycles. The zero-order valence-corrected chi connectivity index (χ0v) is 14.8. The molecule has 0 saturated carbocycles. The second-order valence-electron chi connectivity index (χ2n) is 5.94. The Morgan fingerprint density at radius 2 is 1.80 bits per heavy atom. The van der Waals surface area contributed by atoms with Crippen molar-refractivity contribution >= 4 is 27.3 Å². The van der Waals surface area contributed by atoms with Gasteiger partial charge in [-0.2, -0.15) is 0 Å². The highest BCUT2D eigenvalue weighted by Gasteiger charge is 2.28. The highest BCUT2D eigenvalue weighted by atomic mass is 32.2. The van der Waals surface area contributed by atoms with Crippen LogP contribution in [-0.4, -0.2) is 33.2 Å². The molecular formula is C18H20N2O4S. The lowest BCUT2D eigenvalue weighted by Crippen LogP contribution is -2.25. The van der Waals surface area contributed by atoms with Crippen LogP contribution in [0.5, 0.6) is 5.75 Å². The van der Waals surface area contributed by atoms with Crippen LogP contribution in [-0.2, 0) is 14.8 Å². The molecule has 0 aromatic heterocycles. The summed E-state index contributed by atoms with van der Waals surface area (Å²) in [5, 5.41) is 2.73. The van der Waals surface area contributed by atoms with Crippen LogP contribution in [0, 0.1) is 6.92 Å².